The molecule has 4 aliphatic rings. The van der Waals surface area contributed by atoms with Crippen molar-refractivity contribution in [3.63, 3.8) is 0 Å². The summed E-state index contributed by atoms with van der Waals surface area (Å²) in [5.74, 6) is 0.899. The SMILES string of the molecule is COc1ccc(S(=O)(=O)N(CC(O)C(Cc2ccccc2)NC(=O)OC2COCOC2)OC2CCCCC2)cc1.COc1ccc(S(=O)(=O)N(CC(O)C(Cc2ccccc2)NC(C)=O)OC2CCCCC2)cc1.O=C(Oc1ccc([N+](=O)[O-])cc1)OC1COCOC1. The van der Waals surface area contributed by atoms with Crippen LogP contribution in [-0.2, 0) is 75.8 Å². The number of ether oxygens (including phenoxy) is 9. The van der Waals surface area contributed by atoms with Crippen LogP contribution in [0.5, 0.6) is 17.2 Å². The van der Waals surface area contributed by atoms with Gasteiger partial charge in [-0.25, -0.2) is 26.4 Å². The van der Waals surface area contributed by atoms with Crippen molar-refractivity contribution < 1.29 is 98.7 Å². The van der Waals surface area contributed by atoms with Gasteiger partial charge in [0.2, 0.25) is 5.91 Å². The number of carbonyl (C=O) groups is 3. The molecule has 2 amide bonds. The van der Waals surface area contributed by atoms with Crippen LogP contribution in [0.15, 0.2) is 143 Å². The van der Waals surface area contributed by atoms with Gasteiger partial charge >= 0.3 is 12.2 Å². The normalized spacial score (nSPS) is 17.4. The number of benzene rings is 5. The van der Waals surface area contributed by atoms with Gasteiger partial charge in [0.15, 0.2) is 12.2 Å². The standard InChI is InChI=1S/C28H38N2O9S.C25H34N2O6S.C11H11NO7/c1-35-22-12-14-25(15-13-22)40(33,34)30(39-23-10-6-3-7-11-23)17-27(31)26(16-21-8-4-2-5-9-21)29-28(32)38-24-18-36-20-37-19-24;1-19(28)26-24(17-20-9-5-3-6-10-20)25(29)18-27(33-22-11-7-4-8-12-22)34(30,31)23-15-13-21(32-2)14-16-23;13-11(19-10-5-16-7-17-6-10)18-9-3-1-8(2-4-9)12(14)15/h2,4-5,8-9,12-15,23-24,26-27,31H,3,6-7,10-11,16-20H2,1H3,(H,29,32);3,5-6,9-10,13-16,22,24-25,29H,4,7-8,11-12,17-18H2,1-2H3,(H,26,28);1-4,10H,5-7H2. The Morgan fingerprint density at radius 3 is 1.32 bits per heavy atom. The molecule has 2 saturated heterocycles. The molecule has 508 valence electrons. The van der Waals surface area contributed by atoms with E-state index in [1.807, 2.05) is 60.7 Å². The molecule has 2 aliphatic carbocycles. The van der Waals surface area contributed by atoms with E-state index in [2.05, 4.69) is 10.6 Å². The fourth-order valence-electron chi connectivity index (χ4n) is 10.2. The molecule has 29 heteroatoms. The zero-order chi connectivity index (χ0) is 66.6. The number of hydroxylamine groups is 2. The number of alkyl carbamates (subject to hydrolysis) is 1. The number of nitro groups is 1. The smallest absolute Gasteiger partial charge is 0.497 e. The van der Waals surface area contributed by atoms with Gasteiger partial charge < -0.3 is 63.5 Å². The molecule has 27 nitrogen and oxygen atoms in total. The minimum absolute atomic E-state index is 0.000543. The Hall–Kier alpha value is -7.39. The number of aliphatic hydroxyl groups excluding tert-OH is 2. The largest absolute Gasteiger partial charge is 0.514 e. The van der Waals surface area contributed by atoms with E-state index in [9.17, 15) is 51.5 Å². The van der Waals surface area contributed by atoms with Gasteiger partial charge in [-0.3, -0.25) is 24.6 Å². The quantitative estimate of drug-likeness (QED) is 0.0179. The Morgan fingerprint density at radius 1 is 0.548 bits per heavy atom. The van der Waals surface area contributed by atoms with Crippen LogP contribution in [0, 0.1) is 10.1 Å². The van der Waals surface area contributed by atoms with E-state index >= 15 is 0 Å². The summed E-state index contributed by atoms with van der Waals surface area (Å²) in [5.41, 5.74) is 1.67. The molecule has 2 heterocycles. The molecular formula is C64H83N5O22S2. The number of aliphatic hydroxyl groups is 2. The molecule has 4 N–H and O–H groups in total. The minimum atomic E-state index is -4.16. The van der Waals surface area contributed by atoms with Crippen LogP contribution in [0.25, 0.3) is 0 Å². The molecular weight excluding hydrogens is 1250 g/mol. The number of nitrogens with zero attached hydrogens (tertiary/aromatic N) is 3. The Labute approximate surface area is 541 Å². The molecule has 4 unspecified atom stereocenters. The predicted molar refractivity (Wildman–Crippen MR) is 334 cm³/mol. The number of non-ortho nitro benzene ring substituents is 1. The maximum absolute atomic E-state index is 13.7. The lowest BCUT2D eigenvalue weighted by atomic mass is 9.98. The molecule has 5 aromatic rings. The van der Waals surface area contributed by atoms with Crippen LogP contribution in [0.4, 0.5) is 15.3 Å². The first kappa shape index (κ1) is 73.0. The first-order valence-electron chi connectivity index (χ1n) is 30.6. The first-order chi connectivity index (χ1) is 44.8. The van der Waals surface area contributed by atoms with Gasteiger partial charge in [-0.05, 0) is 110 Å². The molecule has 4 fully saturated rings. The topological polar surface area (TPSA) is 335 Å². The van der Waals surface area contributed by atoms with Gasteiger partial charge in [-0.1, -0.05) is 108 Å². The number of nitro benzene ring substituents is 1. The lowest BCUT2D eigenvalue weighted by Gasteiger charge is -2.32. The summed E-state index contributed by atoms with van der Waals surface area (Å²) in [6.07, 6.45) is 3.62. The maximum Gasteiger partial charge on any atom is 0.514 e. The Bertz CT molecular complexity index is 3280. The molecule has 93 heavy (non-hydrogen) atoms. The molecule has 0 aromatic heterocycles. The van der Waals surface area contributed by atoms with E-state index in [1.165, 1.54) is 69.7 Å². The number of sulfonamides is 2. The Morgan fingerprint density at radius 2 is 0.935 bits per heavy atom. The van der Waals surface area contributed by atoms with Gasteiger partial charge in [-0.2, -0.15) is 0 Å². The summed E-state index contributed by atoms with van der Waals surface area (Å²) in [7, 11) is -5.23. The van der Waals surface area contributed by atoms with Crippen molar-refractivity contribution in [3.05, 3.63) is 155 Å². The first-order valence-corrected chi connectivity index (χ1v) is 33.5. The van der Waals surface area contributed by atoms with E-state index in [-0.39, 0.29) is 92.3 Å². The molecule has 0 spiro atoms. The fraction of sp³-hybridized carbons (Fsp3) is 0.484. The van der Waals surface area contributed by atoms with E-state index in [0.29, 0.717) is 30.8 Å². The third kappa shape index (κ3) is 24.2. The number of nitrogens with one attached hydrogen (secondary N) is 2. The highest BCUT2D eigenvalue weighted by Crippen LogP contribution is 2.29. The van der Waals surface area contributed by atoms with Gasteiger partial charge in [0, 0.05) is 19.1 Å². The number of amides is 2. The summed E-state index contributed by atoms with van der Waals surface area (Å²) in [6.45, 7) is 1.85. The van der Waals surface area contributed by atoms with Crippen molar-refractivity contribution in [1.29, 1.82) is 0 Å². The molecule has 9 rings (SSSR count). The van der Waals surface area contributed by atoms with E-state index in [4.69, 9.17) is 52.3 Å². The highest BCUT2D eigenvalue weighted by atomic mass is 32.2. The molecule has 0 radical (unpaired) electrons. The van der Waals surface area contributed by atoms with Crippen LogP contribution in [-0.4, -0.2) is 175 Å². The molecule has 2 saturated carbocycles. The fourth-order valence-corrected chi connectivity index (χ4v) is 12.8. The van der Waals surface area contributed by atoms with Crippen LogP contribution < -0.4 is 24.8 Å². The number of methoxy groups -OCH3 is 2. The monoisotopic (exact) mass is 1340 g/mol. The lowest BCUT2D eigenvalue weighted by molar-refractivity contribution is -0.384. The third-order valence-electron chi connectivity index (χ3n) is 15.1. The van der Waals surface area contributed by atoms with Crippen LogP contribution in [0.1, 0.15) is 82.3 Å². The zero-order valence-electron chi connectivity index (χ0n) is 52.2. The number of hydrogen-bond acceptors (Lipinski definition) is 22. The van der Waals surface area contributed by atoms with E-state index < -0.39 is 80.3 Å². The van der Waals surface area contributed by atoms with Gasteiger partial charge in [0.25, 0.3) is 25.7 Å². The maximum atomic E-state index is 13.7. The molecule has 2 aliphatic heterocycles. The van der Waals surface area contributed by atoms with Gasteiger partial charge in [0.05, 0.1) is 105 Å². The van der Waals surface area contributed by atoms with Crippen LogP contribution in [0.3, 0.4) is 0 Å². The van der Waals surface area contributed by atoms with Crippen LogP contribution in [0.2, 0.25) is 0 Å². The molecule has 5 aromatic carbocycles. The summed E-state index contributed by atoms with van der Waals surface area (Å²) < 4.78 is 102. The lowest BCUT2D eigenvalue weighted by Crippen LogP contribution is -2.52. The van der Waals surface area contributed by atoms with Crippen LogP contribution >= 0.6 is 0 Å². The van der Waals surface area contributed by atoms with Crippen molar-refractivity contribution in [1.82, 2.24) is 19.6 Å². The number of hydrogen-bond donors (Lipinski definition) is 4. The summed E-state index contributed by atoms with van der Waals surface area (Å²) in [5, 5.41) is 38.4. The summed E-state index contributed by atoms with van der Waals surface area (Å²) in [6, 6.07) is 34.2. The predicted octanol–water partition coefficient (Wildman–Crippen LogP) is 7.56. The minimum Gasteiger partial charge on any atom is -0.497 e. The number of carbonyl (C=O) groups excluding carboxylic acids is 3. The summed E-state index contributed by atoms with van der Waals surface area (Å²) in [4.78, 5) is 58.0. The Balaban J connectivity index is 0.000000209. The van der Waals surface area contributed by atoms with Gasteiger partial charge in [0.1, 0.15) is 30.8 Å². The highest BCUT2D eigenvalue weighted by Gasteiger charge is 2.37. The second-order valence-electron chi connectivity index (χ2n) is 22.2. The molecule has 4 atom stereocenters. The van der Waals surface area contributed by atoms with Gasteiger partial charge in [-0.15, -0.1) is 0 Å². The molecule has 0 bridgehead atoms. The summed E-state index contributed by atoms with van der Waals surface area (Å²) >= 11 is 0. The second kappa shape index (κ2) is 37.5. The average molecular weight is 1340 g/mol. The average Bonchev–Trinajstić information content (AvgIpc) is 0.958. The number of rotatable bonds is 26. The second-order valence-corrected chi connectivity index (χ2v) is 25.9. The van der Waals surface area contributed by atoms with E-state index in [0.717, 1.165) is 71.4 Å². The highest BCUT2D eigenvalue weighted by molar-refractivity contribution is 7.89. The van der Waals surface area contributed by atoms with Crippen molar-refractivity contribution >= 4 is 43.9 Å². The van der Waals surface area contributed by atoms with Crippen molar-refractivity contribution in [2.75, 3.05) is 67.3 Å². The third-order valence-corrected chi connectivity index (χ3v) is 18.4. The van der Waals surface area contributed by atoms with E-state index in [1.54, 1.807) is 24.3 Å². The van der Waals surface area contributed by atoms with Crippen molar-refractivity contribution in [2.24, 2.45) is 0 Å². The zero-order valence-corrected chi connectivity index (χ0v) is 53.8. The van der Waals surface area contributed by atoms with Crippen molar-refractivity contribution in [2.45, 2.75) is 142 Å². The Kier molecular flexibility index (Phi) is 29.4. The van der Waals surface area contributed by atoms with Crippen molar-refractivity contribution in [3.8, 4) is 17.2 Å².